The molecule has 1 aliphatic heterocycles. The fraction of sp³-hybridized carbons (Fsp3) is 0.727. The van der Waals surface area contributed by atoms with Gasteiger partial charge in [-0.25, -0.2) is 13.4 Å². The van der Waals surface area contributed by atoms with Crippen molar-refractivity contribution < 1.29 is 8.42 Å². The average molecular weight is 242 g/mol. The maximum Gasteiger partial charge on any atom is 0.150 e. The molecular formula is C11H18N2O2S. The molecule has 0 aliphatic carbocycles. The Labute approximate surface area is 96.6 Å². The summed E-state index contributed by atoms with van der Waals surface area (Å²) in [6.07, 6.45) is 6.57. The number of aryl methyl sites for hydroxylation is 1. The molecule has 0 radical (unpaired) electrons. The Kier molecular flexibility index (Phi) is 3.33. The highest BCUT2D eigenvalue weighted by Crippen LogP contribution is 2.20. The van der Waals surface area contributed by atoms with Crippen LogP contribution in [0.5, 0.6) is 0 Å². The summed E-state index contributed by atoms with van der Waals surface area (Å²) in [6, 6.07) is 0. The molecule has 0 N–H and O–H groups in total. The molecule has 1 aromatic rings. The summed E-state index contributed by atoms with van der Waals surface area (Å²) >= 11 is 0. The molecule has 0 bridgehead atoms. The number of hydrogen-bond donors (Lipinski definition) is 0. The van der Waals surface area contributed by atoms with Crippen LogP contribution in [0.2, 0.25) is 0 Å². The predicted octanol–water partition coefficient (Wildman–Crippen LogP) is 1.27. The van der Waals surface area contributed by atoms with Crippen molar-refractivity contribution in [1.82, 2.24) is 9.55 Å². The Hall–Kier alpha value is -0.840. The Morgan fingerprint density at radius 1 is 1.56 bits per heavy atom. The molecule has 4 nitrogen and oxygen atoms in total. The van der Waals surface area contributed by atoms with Gasteiger partial charge < -0.3 is 4.57 Å². The van der Waals surface area contributed by atoms with Gasteiger partial charge >= 0.3 is 0 Å². The van der Waals surface area contributed by atoms with E-state index in [-0.39, 0.29) is 5.92 Å². The van der Waals surface area contributed by atoms with Gasteiger partial charge in [-0.05, 0) is 25.2 Å². The molecular weight excluding hydrogens is 224 g/mol. The van der Waals surface area contributed by atoms with Gasteiger partial charge in [-0.3, -0.25) is 0 Å². The summed E-state index contributed by atoms with van der Waals surface area (Å²) in [5.74, 6) is 0.970. The number of nitrogens with zero attached hydrogens (tertiary/aromatic N) is 2. The molecule has 2 heterocycles. The van der Waals surface area contributed by atoms with Crippen molar-refractivity contribution in [2.24, 2.45) is 5.92 Å². The van der Waals surface area contributed by atoms with Crippen molar-refractivity contribution in [3.63, 3.8) is 0 Å². The van der Waals surface area contributed by atoms with E-state index in [1.54, 1.807) is 6.33 Å². The highest BCUT2D eigenvalue weighted by Gasteiger charge is 2.24. The molecule has 1 saturated heterocycles. The van der Waals surface area contributed by atoms with Crippen molar-refractivity contribution in [1.29, 1.82) is 0 Å². The fourth-order valence-electron chi connectivity index (χ4n) is 2.25. The Bertz CT molecular complexity index is 450. The second-order valence-corrected chi connectivity index (χ2v) is 6.77. The molecule has 1 atom stereocenters. The Balaban J connectivity index is 1.99. The summed E-state index contributed by atoms with van der Waals surface area (Å²) in [5.41, 5.74) is 1.07. The van der Waals surface area contributed by atoms with Gasteiger partial charge in [0.25, 0.3) is 0 Å². The molecule has 16 heavy (non-hydrogen) atoms. The first-order chi connectivity index (χ1) is 7.59. The Morgan fingerprint density at radius 2 is 2.38 bits per heavy atom. The van der Waals surface area contributed by atoms with E-state index in [0.717, 1.165) is 31.5 Å². The molecule has 0 spiro atoms. The zero-order chi connectivity index (χ0) is 11.6. The van der Waals surface area contributed by atoms with Crippen LogP contribution >= 0.6 is 0 Å². The molecule has 90 valence electrons. The van der Waals surface area contributed by atoms with Crippen molar-refractivity contribution in [2.75, 3.05) is 11.5 Å². The second-order valence-electron chi connectivity index (χ2n) is 4.54. The molecule has 2 rings (SSSR count). The standard InChI is InChI=1S/C11H18N2O2S/c1-2-11-7-13(9-12-11)6-10-4-3-5-16(14,15)8-10/h7,9-10H,2-6,8H2,1H3. The average Bonchev–Trinajstić information content (AvgIpc) is 2.64. The molecule has 1 aliphatic rings. The molecule has 1 unspecified atom stereocenters. The van der Waals surface area contributed by atoms with Crippen LogP contribution in [0.3, 0.4) is 0 Å². The number of imidazole rings is 1. The minimum absolute atomic E-state index is 0.262. The topological polar surface area (TPSA) is 52.0 Å². The summed E-state index contributed by atoms with van der Waals surface area (Å²) in [7, 11) is -2.78. The molecule has 1 aromatic heterocycles. The molecule has 1 fully saturated rings. The number of aromatic nitrogens is 2. The van der Waals surface area contributed by atoms with Gasteiger partial charge in [0, 0.05) is 12.7 Å². The van der Waals surface area contributed by atoms with E-state index in [9.17, 15) is 8.42 Å². The lowest BCUT2D eigenvalue weighted by Crippen LogP contribution is -2.27. The van der Waals surface area contributed by atoms with Crippen molar-refractivity contribution >= 4 is 9.84 Å². The highest BCUT2D eigenvalue weighted by atomic mass is 32.2. The number of hydrogen-bond acceptors (Lipinski definition) is 3. The fourth-order valence-corrected chi connectivity index (χ4v) is 4.01. The van der Waals surface area contributed by atoms with E-state index in [1.165, 1.54) is 0 Å². The quantitative estimate of drug-likeness (QED) is 0.802. The third-order valence-corrected chi connectivity index (χ3v) is 4.97. The van der Waals surface area contributed by atoms with Crippen molar-refractivity contribution in [2.45, 2.75) is 32.7 Å². The van der Waals surface area contributed by atoms with Crippen LogP contribution in [0, 0.1) is 5.92 Å². The monoisotopic (exact) mass is 242 g/mol. The normalized spacial score (nSPS) is 24.4. The molecule has 5 heteroatoms. The first-order valence-corrected chi connectivity index (χ1v) is 7.62. The summed E-state index contributed by atoms with van der Waals surface area (Å²) in [4.78, 5) is 4.25. The first kappa shape index (κ1) is 11.6. The van der Waals surface area contributed by atoms with E-state index < -0.39 is 9.84 Å². The van der Waals surface area contributed by atoms with Gasteiger partial charge in [-0.1, -0.05) is 6.92 Å². The Morgan fingerprint density at radius 3 is 3.00 bits per heavy atom. The van der Waals surface area contributed by atoms with Gasteiger partial charge in [0.2, 0.25) is 0 Å². The van der Waals surface area contributed by atoms with Crippen LogP contribution in [0.15, 0.2) is 12.5 Å². The van der Waals surface area contributed by atoms with E-state index in [1.807, 2.05) is 10.8 Å². The minimum Gasteiger partial charge on any atom is -0.337 e. The van der Waals surface area contributed by atoms with Crippen LogP contribution < -0.4 is 0 Å². The van der Waals surface area contributed by atoms with Gasteiger partial charge in [-0.15, -0.1) is 0 Å². The summed E-state index contributed by atoms with van der Waals surface area (Å²) in [5, 5.41) is 0. The highest BCUT2D eigenvalue weighted by molar-refractivity contribution is 7.91. The van der Waals surface area contributed by atoms with Gasteiger partial charge in [0.1, 0.15) is 0 Å². The lowest BCUT2D eigenvalue weighted by molar-refractivity contribution is 0.426. The van der Waals surface area contributed by atoms with E-state index in [4.69, 9.17) is 0 Å². The largest absolute Gasteiger partial charge is 0.337 e. The van der Waals surface area contributed by atoms with Crippen molar-refractivity contribution in [3.8, 4) is 0 Å². The lowest BCUT2D eigenvalue weighted by atomic mass is 10.1. The smallest absolute Gasteiger partial charge is 0.150 e. The SMILES string of the molecule is CCc1cn(CC2CCCS(=O)(=O)C2)cn1. The predicted molar refractivity (Wildman–Crippen MR) is 63.0 cm³/mol. The maximum atomic E-state index is 11.5. The van der Waals surface area contributed by atoms with Crippen LogP contribution in [0.1, 0.15) is 25.5 Å². The number of sulfone groups is 1. The van der Waals surface area contributed by atoms with Gasteiger partial charge in [0.15, 0.2) is 9.84 Å². The molecule has 0 saturated carbocycles. The summed E-state index contributed by atoms with van der Waals surface area (Å²) in [6.45, 7) is 2.85. The molecule has 0 amide bonds. The zero-order valence-corrected chi connectivity index (χ0v) is 10.4. The third-order valence-electron chi connectivity index (χ3n) is 3.08. The van der Waals surface area contributed by atoms with Crippen LogP contribution in [-0.4, -0.2) is 29.5 Å². The summed E-state index contributed by atoms with van der Waals surface area (Å²) < 4.78 is 25.0. The lowest BCUT2D eigenvalue weighted by Gasteiger charge is -2.21. The van der Waals surface area contributed by atoms with E-state index in [0.29, 0.717) is 11.5 Å². The second kappa shape index (κ2) is 4.57. The maximum absolute atomic E-state index is 11.5. The van der Waals surface area contributed by atoms with Crippen LogP contribution in [0.25, 0.3) is 0 Å². The first-order valence-electron chi connectivity index (χ1n) is 5.80. The zero-order valence-electron chi connectivity index (χ0n) is 9.59. The van der Waals surface area contributed by atoms with E-state index in [2.05, 4.69) is 11.9 Å². The van der Waals surface area contributed by atoms with Gasteiger partial charge in [-0.2, -0.15) is 0 Å². The van der Waals surface area contributed by atoms with Crippen molar-refractivity contribution in [3.05, 3.63) is 18.2 Å². The molecule has 0 aromatic carbocycles. The van der Waals surface area contributed by atoms with E-state index >= 15 is 0 Å². The van der Waals surface area contributed by atoms with Crippen LogP contribution in [0.4, 0.5) is 0 Å². The minimum atomic E-state index is -2.78. The van der Waals surface area contributed by atoms with Gasteiger partial charge in [0.05, 0.1) is 23.5 Å². The van der Waals surface area contributed by atoms with Crippen LogP contribution in [-0.2, 0) is 22.8 Å². The number of rotatable bonds is 3. The third kappa shape index (κ3) is 2.84.